The fraction of sp³-hybridized carbons (Fsp3) is 0.167. The minimum Gasteiger partial charge on any atom is -0.303 e. The lowest BCUT2D eigenvalue weighted by atomic mass is 10.1. The van der Waals surface area contributed by atoms with Gasteiger partial charge >= 0.3 is 0 Å². The van der Waals surface area contributed by atoms with Gasteiger partial charge in [-0.2, -0.15) is 5.10 Å². The molecule has 1 saturated heterocycles. The highest BCUT2D eigenvalue weighted by molar-refractivity contribution is 8.15. The third-order valence-electron chi connectivity index (χ3n) is 3.52. The van der Waals surface area contributed by atoms with Crippen molar-refractivity contribution in [3.8, 4) is 0 Å². The molecule has 4 nitrogen and oxygen atoms in total. The van der Waals surface area contributed by atoms with Crippen LogP contribution in [-0.4, -0.2) is 22.0 Å². The van der Waals surface area contributed by atoms with Crippen molar-refractivity contribution in [3.05, 3.63) is 71.8 Å². The van der Waals surface area contributed by atoms with Crippen molar-refractivity contribution in [2.24, 2.45) is 10.2 Å². The van der Waals surface area contributed by atoms with Gasteiger partial charge in [0.2, 0.25) is 5.91 Å². The van der Waals surface area contributed by atoms with Crippen molar-refractivity contribution in [1.29, 1.82) is 0 Å². The summed E-state index contributed by atoms with van der Waals surface area (Å²) in [5.41, 5.74) is 2.98. The molecule has 0 saturated carbocycles. The predicted octanol–water partition coefficient (Wildman–Crippen LogP) is 3.24. The van der Waals surface area contributed by atoms with Gasteiger partial charge in [0.15, 0.2) is 5.17 Å². The van der Waals surface area contributed by atoms with E-state index in [4.69, 9.17) is 0 Å². The van der Waals surface area contributed by atoms with E-state index in [2.05, 4.69) is 15.5 Å². The fourth-order valence-electron chi connectivity index (χ4n) is 2.27. The molecule has 1 aliphatic rings. The molecular formula is C18H17N3OS. The average molecular weight is 323 g/mol. The van der Waals surface area contributed by atoms with Crippen molar-refractivity contribution < 1.29 is 4.79 Å². The zero-order valence-corrected chi connectivity index (χ0v) is 13.6. The minimum atomic E-state index is -0.150. The third kappa shape index (κ3) is 4.07. The van der Waals surface area contributed by atoms with Gasteiger partial charge in [-0.25, -0.2) is 0 Å². The Hall–Kier alpha value is -2.40. The van der Waals surface area contributed by atoms with Crippen LogP contribution in [0.1, 0.15) is 18.1 Å². The largest absolute Gasteiger partial charge is 0.303 e. The number of nitrogens with one attached hydrogen (secondary N) is 1. The highest BCUT2D eigenvalue weighted by Gasteiger charge is 2.30. The monoisotopic (exact) mass is 323 g/mol. The summed E-state index contributed by atoms with van der Waals surface area (Å²) in [7, 11) is 0. The molecule has 0 aliphatic carbocycles. The third-order valence-corrected chi connectivity index (χ3v) is 4.59. The SMILES string of the molecule is C/C(=N/N=C1\NC(=O)[C@@H](Cc2ccccc2)S1)c1ccccc1. The molecule has 0 radical (unpaired) electrons. The van der Waals surface area contributed by atoms with Crippen LogP contribution in [0.4, 0.5) is 0 Å². The quantitative estimate of drug-likeness (QED) is 0.694. The predicted molar refractivity (Wildman–Crippen MR) is 95.8 cm³/mol. The first kappa shape index (κ1) is 15.5. The number of carbonyl (C=O) groups excluding carboxylic acids is 1. The number of amides is 1. The maximum Gasteiger partial charge on any atom is 0.239 e. The molecule has 0 bridgehead atoms. The van der Waals surface area contributed by atoms with E-state index in [1.165, 1.54) is 11.8 Å². The second-order valence-corrected chi connectivity index (χ2v) is 6.43. The van der Waals surface area contributed by atoms with Crippen LogP contribution in [0.25, 0.3) is 0 Å². The lowest BCUT2D eigenvalue weighted by Gasteiger charge is -2.04. The molecule has 5 heteroatoms. The summed E-state index contributed by atoms with van der Waals surface area (Å²) < 4.78 is 0. The lowest BCUT2D eigenvalue weighted by molar-refractivity contribution is -0.118. The van der Waals surface area contributed by atoms with Crippen LogP contribution in [0.5, 0.6) is 0 Å². The van der Waals surface area contributed by atoms with Gasteiger partial charge in [0.05, 0.1) is 11.0 Å². The van der Waals surface area contributed by atoms with E-state index < -0.39 is 0 Å². The summed E-state index contributed by atoms with van der Waals surface area (Å²) in [6, 6.07) is 19.8. The maximum atomic E-state index is 12.0. The molecule has 23 heavy (non-hydrogen) atoms. The van der Waals surface area contributed by atoms with E-state index >= 15 is 0 Å². The zero-order valence-electron chi connectivity index (χ0n) is 12.8. The van der Waals surface area contributed by atoms with Gasteiger partial charge in [-0.15, -0.1) is 5.10 Å². The first-order valence-electron chi connectivity index (χ1n) is 7.41. The Balaban J connectivity index is 1.67. The van der Waals surface area contributed by atoms with Gasteiger partial charge in [-0.1, -0.05) is 72.4 Å². The number of carbonyl (C=O) groups is 1. The summed E-state index contributed by atoms with van der Waals surface area (Å²) in [5, 5.41) is 11.6. The van der Waals surface area contributed by atoms with Crippen molar-refractivity contribution in [2.45, 2.75) is 18.6 Å². The number of rotatable bonds is 4. The summed E-state index contributed by atoms with van der Waals surface area (Å²) >= 11 is 1.43. The molecule has 1 amide bonds. The first-order chi connectivity index (χ1) is 11.2. The number of hydrogen-bond donors (Lipinski definition) is 1. The van der Waals surface area contributed by atoms with Crippen LogP contribution < -0.4 is 5.32 Å². The molecule has 3 rings (SSSR count). The summed E-state index contributed by atoms with van der Waals surface area (Å²) in [6.45, 7) is 1.91. The van der Waals surface area contributed by atoms with Crippen LogP contribution in [0.15, 0.2) is 70.9 Å². The van der Waals surface area contributed by atoms with E-state index in [-0.39, 0.29) is 11.2 Å². The van der Waals surface area contributed by atoms with Gasteiger partial charge in [-0.3, -0.25) is 4.79 Å². The van der Waals surface area contributed by atoms with Crippen LogP contribution in [0.2, 0.25) is 0 Å². The Bertz CT molecular complexity index is 741. The number of nitrogens with zero attached hydrogens (tertiary/aromatic N) is 2. The van der Waals surface area contributed by atoms with Crippen molar-refractivity contribution in [2.75, 3.05) is 0 Å². The summed E-state index contributed by atoms with van der Waals surface area (Å²) in [4.78, 5) is 12.0. The van der Waals surface area contributed by atoms with Gasteiger partial charge in [0.25, 0.3) is 0 Å². The molecule has 1 fully saturated rings. The molecule has 2 aromatic carbocycles. The summed E-state index contributed by atoms with van der Waals surface area (Å²) in [5.74, 6) is -0.00910. The molecule has 1 N–H and O–H groups in total. The molecule has 1 atom stereocenters. The van der Waals surface area contributed by atoms with Gasteiger partial charge in [-0.05, 0) is 24.5 Å². The number of thioether (sulfide) groups is 1. The zero-order chi connectivity index (χ0) is 16.1. The van der Waals surface area contributed by atoms with Crippen LogP contribution >= 0.6 is 11.8 Å². The topological polar surface area (TPSA) is 53.8 Å². The minimum absolute atomic E-state index is 0.00910. The second-order valence-electron chi connectivity index (χ2n) is 5.24. The number of benzene rings is 2. The van der Waals surface area contributed by atoms with Crippen LogP contribution in [0.3, 0.4) is 0 Å². The van der Waals surface area contributed by atoms with Crippen LogP contribution in [-0.2, 0) is 11.2 Å². The number of amidine groups is 1. The Morgan fingerprint density at radius 1 is 1.09 bits per heavy atom. The van der Waals surface area contributed by atoms with Crippen molar-refractivity contribution >= 4 is 28.5 Å². The lowest BCUT2D eigenvalue weighted by Crippen LogP contribution is -2.25. The molecule has 2 aromatic rings. The van der Waals surface area contributed by atoms with E-state index in [1.807, 2.05) is 67.6 Å². The Labute approximate surface area is 139 Å². The molecule has 0 aromatic heterocycles. The van der Waals surface area contributed by atoms with Crippen molar-refractivity contribution in [1.82, 2.24) is 5.32 Å². The average Bonchev–Trinajstić information content (AvgIpc) is 2.94. The second kappa shape index (κ2) is 7.24. The molecule has 1 heterocycles. The fourth-order valence-corrected chi connectivity index (χ4v) is 3.23. The highest BCUT2D eigenvalue weighted by atomic mass is 32.2. The summed E-state index contributed by atoms with van der Waals surface area (Å²) in [6.07, 6.45) is 0.692. The normalized spacial score (nSPS) is 19.9. The van der Waals surface area contributed by atoms with Crippen LogP contribution in [0, 0.1) is 0 Å². The van der Waals surface area contributed by atoms with E-state index in [9.17, 15) is 4.79 Å². The number of hydrogen-bond acceptors (Lipinski definition) is 4. The Morgan fingerprint density at radius 3 is 2.43 bits per heavy atom. The smallest absolute Gasteiger partial charge is 0.239 e. The standard InChI is InChI=1S/C18H17N3OS/c1-13(15-10-6-3-7-11-15)20-21-18-19-17(22)16(23-18)12-14-8-4-2-5-9-14/h2-11,16H,12H2,1H3,(H,19,21,22)/b20-13-/t16-/m1/s1. The van der Waals surface area contributed by atoms with Crippen molar-refractivity contribution in [3.63, 3.8) is 0 Å². The van der Waals surface area contributed by atoms with E-state index in [0.29, 0.717) is 11.6 Å². The molecule has 0 unspecified atom stereocenters. The Morgan fingerprint density at radius 2 is 1.74 bits per heavy atom. The van der Waals surface area contributed by atoms with Gasteiger partial charge in [0.1, 0.15) is 0 Å². The first-order valence-corrected chi connectivity index (χ1v) is 8.29. The molecule has 1 aliphatic heterocycles. The van der Waals surface area contributed by atoms with Gasteiger partial charge in [0, 0.05) is 0 Å². The van der Waals surface area contributed by atoms with E-state index in [1.54, 1.807) is 0 Å². The molecular weight excluding hydrogens is 306 g/mol. The Kier molecular flexibility index (Phi) is 4.88. The molecule has 116 valence electrons. The van der Waals surface area contributed by atoms with Gasteiger partial charge < -0.3 is 5.32 Å². The molecule has 0 spiro atoms. The van der Waals surface area contributed by atoms with E-state index in [0.717, 1.165) is 16.8 Å². The highest BCUT2D eigenvalue weighted by Crippen LogP contribution is 2.23. The maximum absolute atomic E-state index is 12.0.